The zero-order valence-corrected chi connectivity index (χ0v) is 6.95. The smallest absolute Gasteiger partial charge is 0.307 e. The number of aryl methyl sites for hydroxylation is 1. The fourth-order valence-electron chi connectivity index (χ4n) is 1.13. The summed E-state index contributed by atoms with van der Waals surface area (Å²) in [6.45, 7) is 1.11. The molecule has 1 aromatic rings. The van der Waals surface area contributed by atoms with Gasteiger partial charge in [-0.15, -0.1) is 0 Å². The topological polar surface area (TPSA) is 63.4 Å². The van der Waals surface area contributed by atoms with Crippen molar-refractivity contribution in [3.63, 3.8) is 0 Å². The normalized spacial score (nSPS) is 10.1. The predicted octanol–water partition coefficient (Wildman–Crippen LogP) is 1.53. The number of hydrogen-bond donors (Lipinski definition) is 1. The van der Waals surface area contributed by atoms with Crippen molar-refractivity contribution in [1.29, 1.82) is 0 Å². The van der Waals surface area contributed by atoms with Gasteiger partial charge in [0.1, 0.15) is 0 Å². The number of hydrogen-bond acceptors (Lipinski definition) is 3. The molecule has 0 unspecified atom stereocenters. The third kappa shape index (κ3) is 1.81. The first-order chi connectivity index (χ1) is 6.06. The quantitative estimate of drug-likeness (QED) is 0.561. The molecule has 5 heteroatoms. The Balaban J connectivity index is 3.31. The van der Waals surface area contributed by atoms with Crippen molar-refractivity contribution in [3.8, 4) is 0 Å². The molecule has 0 saturated carbocycles. The third-order valence-corrected chi connectivity index (χ3v) is 1.68. The van der Waals surface area contributed by atoms with Gasteiger partial charge in [-0.2, -0.15) is 4.39 Å². The monoisotopic (exact) mass is 185 g/mol. The second kappa shape index (κ2) is 3.49. The van der Waals surface area contributed by atoms with Crippen molar-refractivity contribution in [2.75, 3.05) is 0 Å². The number of nitro benzene ring substituents is 1. The van der Waals surface area contributed by atoms with Crippen LogP contribution in [0.25, 0.3) is 0 Å². The Morgan fingerprint density at radius 2 is 2.23 bits per heavy atom. The summed E-state index contributed by atoms with van der Waals surface area (Å²) in [5.41, 5.74) is 0.0202. The van der Waals surface area contributed by atoms with Gasteiger partial charge in [-0.05, 0) is 24.6 Å². The van der Waals surface area contributed by atoms with Crippen LogP contribution in [-0.4, -0.2) is 10.0 Å². The van der Waals surface area contributed by atoms with E-state index in [-0.39, 0.29) is 12.2 Å². The average Bonchev–Trinajstić information content (AvgIpc) is 2.02. The van der Waals surface area contributed by atoms with Gasteiger partial charge < -0.3 is 5.11 Å². The Morgan fingerprint density at radius 1 is 1.62 bits per heavy atom. The van der Waals surface area contributed by atoms with E-state index in [0.717, 1.165) is 6.07 Å². The van der Waals surface area contributed by atoms with Crippen molar-refractivity contribution >= 4 is 5.69 Å². The van der Waals surface area contributed by atoms with Gasteiger partial charge in [0.25, 0.3) is 0 Å². The number of halogens is 1. The molecule has 70 valence electrons. The molecular weight excluding hydrogens is 177 g/mol. The van der Waals surface area contributed by atoms with Crippen molar-refractivity contribution in [2.24, 2.45) is 0 Å². The summed E-state index contributed by atoms with van der Waals surface area (Å²) in [7, 11) is 0. The number of aliphatic hydroxyl groups excluding tert-OH is 1. The van der Waals surface area contributed by atoms with Gasteiger partial charge in [-0.3, -0.25) is 10.1 Å². The van der Waals surface area contributed by atoms with Gasteiger partial charge in [0, 0.05) is 5.56 Å². The maximum Gasteiger partial charge on any atom is 0.307 e. The highest BCUT2D eigenvalue weighted by Gasteiger charge is 2.18. The highest BCUT2D eigenvalue weighted by atomic mass is 19.1. The molecule has 1 aromatic carbocycles. The summed E-state index contributed by atoms with van der Waals surface area (Å²) >= 11 is 0. The summed E-state index contributed by atoms with van der Waals surface area (Å²) in [5, 5.41) is 19.0. The van der Waals surface area contributed by atoms with Crippen LogP contribution in [0.15, 0.2) is 12.1 Å². The second-order valence-corrected chi connectivity index (χ2v) is 2.66. The van der Waals surface area contributed by atoms with Gasteiger partial charge in [0.05, 0.1) is 11.5 Å². The third-order valence-electron chi connectivity index (χ3n) is 1.68. The number of nitrogens with zero attached hydrogens (tertiary/aromatic N) is 1. The summed E-state index contributed by atoms with van der Waals surface area (Å²) in [6, 6.07) is 2.35. The van der Waals surface area contributed by atoms with Crippen LogP contribution in [0.2, 0.25) is 0 Å². The van der Waals surface area contributed by atoms with Crippen molar-refractivity contribution in [1.82, 2.24) is 0 Å². The Morgan fingerprint density at radius 3 is 2.62 bits per heavy atom. The average molecular weight is 185 g/mol. The minimum absolute atomic E-state index is 0.217. The first-order valence-electron chi connectivity index (χ1n) is 3.60. The number of benzene rings is 1. The van der Waals surface area contributed by atoms with Crippen molar-refractivity contribution < 1.29 is 14.4 Å². The second-order valence-electron chi connectivity index (χ2n) is 2.66. The van der Waals surface area contributed by atoms with Crippen molar-refractivity contribution in [2.45, 2.75) is 13.5 Å². The molecule has 13 heavy (non-hydrogen) atoms. The van der Waals surface area contributed by atoms with Crippen LogP contribution in [0.5, 0.6) is 0 Å². The lowest BCUT2D eigenvalue weighted by Crippen LogP contribution is -1.97. The molecule has 0 heterocycles. The van der Waals surface area contributed by atoms with Crippen LogP contribution in [0.4, 0.5) is 10.1 Å². The standard InChI is InChI=1S/C8H8FNO3/c1-5-2-6(4-11)3-7(9)8(5)10(12)13/h2-3,11H,4H2,1H3. The molecule has 0 spiro atoms. The lowest BCUT2D eigenvalue weighted by molar-refractivity contribution is -0.388. The van der Waals surface area contributed by atoms with Gasteiger partial charge in [-0.25, -0.2) is 0 Å². The molecule has 0 saturated heterocycles. The minimum Gasteiger partial charge on any atom is -0.392 e. The summed E-state index contributed by atoms with van der Waals surface area (Å²) < 4.78 is 13.0. The lowest BCUT2D eigenvalue weighted by atomic mass is 10.1. The summed E-state index contributed by atoms with van der Waals surface area (Å²) in [6.07, 6.45) is 0. The Hall–Kier alpha value is -1.49. The highest BCUT2D eigenvalue weighted by molar-refractivity contribution is 5.43. The largest absolute Gasteiger partial charge is 0.392 e. The van der Waals surface area contributed by atoms with Gasteiger partial charge in [0.15, 0.2) is 0 Å². The maximum absolute atomic E-state index is 13.0. The summed E-state index contributed by atoms with van der Waals surface area (Å²) in [4.78, 5) is 9.57. The Labute approximate surface area is 73.8 Å². The molecule has 1 N–H and O–H groups in total. The number of nitro groups is 1. The Bertz CT molecular complexity index is 328. The molecule has 0 amide bonds. The van der Waals surface area contributed by atoms with Crippen LogP contribution in [0, 0.1) is 22.9 Å². The van der Waals surface area contributed by atoms with E-state index in [9.17, 15) is 14.5 Å². The lowest BCUT2D eigenvalue weighted by Gasteiger charge is -2.01. The molecule has 0 atom stereocenters. The van der Waals surface area contributed by atoms with E-state index in [2.05, 4.69) is 0 Å². The fraction of sp³-hybridized carbons (Fsp3) is 0.250. The van der Waals surface area contributed by atoms with Crippen LogP contribution < -0.4 is 0 Å². The molecule has 0 aromatic heterocycles. The predicted molar refractivity (Wildman–Crippen MR) is 43.7 cm³/mol. The zero-order valence-electron chi connectivity index (χ0n) is 6.95. The van der Waals surface area contributed by atoms with Gasteiger partial charge >= 0.3 is 5.69 Å². The van der Waals surface area contributed by atoms with Crippen LogP contribution in [0.3, 0.4) is 0 Å². The van der Waals surface area contributed by atoms with E-state index in [1.165, 1.54) is 13.0 Å². The molecule has 4 nitrogen and oxygen atoms in total. The molecule has 0 fully saturated rings. The first-order valence-corrected chi connectivity index (χ1v) is 3.60. The molecular formula is C8H8FNO3. The maximum atomic E-state index is 13.0. The van der Waals surface area contributed by atoms with E-state index in [0.29, 0.717) is 5.56 Å². The van der Waals surface area contributed by atoms with E-state index < -0.39 is 16.4 Å². The van der Waals surface area contributed by atoms with Crippen LogP contribution in [-0.2, 0) is 6.61 Å². The fourth-order valence-corrected chi connectivity index (χ4v) is 1.13. The van der Waals surface area contributed by atoms with E-state index in [1.807, 2.05) is 0 Å². The van der Waals surface area contributed by atoms with E-state index in [1.54, 1.807) is 0 Å². The molecule has 0 aliphatic carbocycles. The molecule has 0 radical (unpaired) electrons. The van der Waals surface area contributed by atoms with Crippen LogP contribution >= 0.6 is 0 Å². The van der Waals surface area contributed by atoms with Crippen molar-refractivity contribution in [3.05, 3.63) is 39.2 Å². The molecule has 0 bridgehead atoms. The number of rotatable bonds is 2. The SMILES string of the molecule is Cc1cc(CO)cc(F)c1[N+](=O)[O-]. The Kier molecular flexibility index (Phi) is 2.57. The molecule has 0 aliphatic rings. The van der Waals surface area contributed by atoms with E-state index in [4.69, 9.17) is 5.11 Å². The van der Waals surface area contributed by atoms with Gasteiger partial charge in [-0.1, -0.05) is 0 Å². The minimum atomic E-state index is -0.908. The summed E-state index contributed by atoms with van der Waals surface area (Å²) in [5.74, 6) is -0.908. The highest BCUT2D eigenvalue weighted by Crippen LogP contribution is 2.23. The van der Waals surface area contributed by atoms with Gasteiger partial charge in [0.2, 0.25) is 5.82 Å². The zero-order chi connectivity index (χ0) is 10.0. The first kappa shape index (κ1) is 9.60. The molecule has 1 rings (SSSR count). The number of aliphatic hydroxyl groups is 1. The van der Waals surface area contributed by atoms with Crippen LogP contribution in [0.1, 0.15) is 11.1 Å². The molecule has 0 aliphatic heterocycles. The van der Waals surface area contributed by atoms with E-state index >= 15 is 0 Å².